The van der Waals surface area contributed by atoms with Crippen molar-refractivity contribution in [1.29, 1.82) is 0 Å². The summed E-state index contributed by atoms with van der Waals surface area (Å²) in [6.45, 7) is 2.91. The molecule has 8 heteroatoms. The van der Waals surface area contributed by atoms with Crippen molar-refractivity contribution in [3.8, 4) is 5.82 Å². The molecule has 3 rings (SSSR count). The van der Waals surface area contributed by atoms with Crippen LogP contribution >= 0.6 is 0 Å². The van der Waals surface area contributed by atoms with Crippen LogP contribution in [0.4, 0.5) is 5.82 Å². The van der Waals surface area contributed by atoms with Gasteiger partial charge in [0.15, 0.2) is 0 Å². The molecule has 8 nitrogen and oxygen atoms in total. The van der Waals surface area contributed by atoms with E-state index in [1.54, 1.807) is 41.6 Å². The Morgan fingerprint density at radius 3 is 2.75 bits per heavy atom. The number of aryl methyl sites for hydroxylation is 1. The lowest BCUT2D eigenvalue weighted by Gasteiger charge is -2.07. The third-order valence-electron chi connectivity index (χ3n) is 3.29. The molecule has 3 aromatic heterocycles. The first-order chi connectivity index (χ1) is 11.7. The van der Waals surface area contributed by atoms with Gasteiger partial charge in [0.2, 0.25) is 0 Å². The SMILES string of the molecule is Cc1ccc(NCCNC(=O)c2ccc(-n3ccnc3)nc2)nn1. The number of anilines is 1. The third-order valence-corrected chi connectivity index (χ3v) is 3.29. The molecule has 0 aliphatic rings. The Bertz CT molecular complexity index is 782. The molecule has 0 aliphatic heterocycles. The van der Waals surface area contributed by atoms with Crippen molar-refractivity contribution in [1.82, 2.24) is 30.0 Å². The Morgan fingerprint density at radius 2 is 2.08 bits per heavy atom. The largest absolute Gasteiger partial charge is 0.367 e. The quantitative estimate of drug-likeness (QED) is 0.662. The number of pyridine rings is 1. The second-order valence-corrected chi connectivity index (χ2v) is 5.12. The molecule has 0 radical (unpaired) electrons. The maximum atomic E-state index is 12.1. The van der Waals surface area contributed by atoms with Gasteiger partial charge in [-0.15, -0.1) is 5.10 Å². The smallest absolute Gasteiger partial charge is 0.252 e. The van der Waals surface area contributed by atoms with Gasteiger partial charge in [-0.05, 0) is 31.2 Å². The molecule has 0 unspecified atom stereocenters. The number of hydrogen-bond acceptors (Lipinski definition) is 6. The molecule has 0 aliphatic carbocycles. The first-order valence-electron chi connectivity index (χ1n) is 7.49. The van der Waals surface area contributed by atoms with Crippen LogP contribution < -0.4 is 10.6 Å². The van der Waals surface area contributed by atoms with Crippen molar-refractivity contribution in [3.63, 3.8) is 0 Å². The molecule has 0 bridgehead atoms. The van der Waals surface area contributed by atoms with Crippen LogP contribution in [-0.2, 0) is 0 Å². The zero-order valence-electron chi connectivity index (χ0n) is 13.2. The van der Waals surface area contributed by atoms with Crippen molar-refractivity contribution < 1.29 is 4.79 Å². The van der Waals surface area contributed by atoms with Crippen LogP contribution in [0, 0.1) is 6.92 Å². The van der Waals surface area contributed by atoms with Crippen molar-refractivity contribution in [2.24, 2.45) is 0 Å². The summed E-state index contributed by atoms with van der Waals surface area (Å²) < 4.78 is 1.77. The van der Waals surface area contributed by atoms with E-state index in [0.717, 1.165) is 5.69 Å². The second-order valence-electron chi connectivity index (χ2n) is 5.12. The molecule has 0 saturated carbocycles. The van der Waals surface area contributed by atoms with Gasteiger partial charge in [-0.3, -0.25) is 9.36 Å². The van der Waals surface area contributed by atoms with Crippen LogP contribution in [0.25, 0.3) is 5.82 Å². The lowest BCUT2D eigenvalue weighted by Crippen LogP contribution is -2.29. The second kappa shape index (κ2) is 7.32. The zero-order chi connectivity index (χ0) is 16.8. The van der Waals surface area contributed by atoms with Gasteiger partial charge in [0.1, 0.15) is 18.0 Å². The highest BCUT2D eigenvalue weighted by Crippen LogP contribution is 2.05. The van der Waals surface area contributed by atoms with E-state index < -0.39 is 0 Å². The van der Waals surface area contributed by atoms with Gasteiger partial charge in [-0.2, -0.15) is 5.10 Å². The molecule has 0 saturated heterocycles. The predicted octanol–water partition coefficient (Wildman–Crippen LogP) is 1.21. The minimum atomic E-state index is -0.170. The summed E-state index contributed by atoms with van der Waals surface area (Å²) >= 11 is 0. The average molecular weight is 323 g/mol. The van der Waals surface area contributed by atoms with Crippen molar-refractivity contribution in [2.45, 2.75) is 6.92 Å². The number of nitrogens with one attached hydrogen (secondary N) is 2. The van der Waals surface area contributed by atoms with Crippen LogP contribution in [-0.4, -0.2) is 43.7 Å². The number of carbonyl (C=O) groups excluding carboxylic acids is 1. The number of aromatic nitrogens is 5. The maximum Gasteiger partial charge on any atom is 0.252 e. The maximum absolute atomic E-state index is 12.1. The molecule has 0 aromatic carbocycles. The van der Waals surface area contributed by atoms with Crippen molar-refractivity contribution >= 4 is 11.7 Å². The van der Waals surface area contributed by atoms with Gasteiger partial charge in [0, 0.05) is 31.7 Å². The fraction of sp³-hybridized carbons (Fsp3) is 0.188. The summed E-state index contributed by atoms with van der Waals surface area (Å²) in [4.78, 5) is 20.3. The summed E-state index contributed by atoms with van der Waals surface area (Å²) in [6, 6.07) is 7.23. The number of amides is 1. The Kier molecular flexibility index (Phi) is 4.76. The molecule has 3 aromatic rings. The summed E-state index contributed by atoms with van der Waals surface area (Å²) in [5.74, 6) is 1.22. The van der Waals surface area contributed by atoms with E-state index in [1.807, 2.05) is 19.1 Å². The molecular weight excluding hydrogens is 306 g/mol. The van der Waals surface area contributed by atoms with E-state index in [0.29, 0.717) is 30.3 Å². The van der Waals surface area contributed by atoms with Gasteiger partial charge in [-0.1, -0.05) is 0 Å². The van der Waals surface area contributed by atoms with E-state index >= 15 is 0 Å². The van der Waals surface area contributed by atoms with Crippen LogP contribution in [0.3, 0.4) is 0 Å². The third kappa shape index (κ3) is 3.92. The molecule has 0 fully saturated rings. The lowest BCUT2D eigenvalue weighted by atomic mass is 10.2. The Labute approximate surface area is 139 Å². The lowest BCUT2D eigenvalue weighted by molar-refractivity contribution is 0.0955. The molecule has 122 valence electrons. The minimum absolute atomic E-state index is 0.170. The number of carbonyl (C=O) groups is 1. The molecule has 2 N–H and O–H groups in total. The van der Waals surface area contributed by atoms with Crippen molar-refractivity contribution in [3.05, 3.63) is 60.4 Å². The fourth-order valence-corrected chi connectivity index (χ4v) is 2.03. The van der Waals surface area contributed by atoms with Gasteiger partial charge in [0.25, 0.3) is 5.91 Å². The van der Waals surface area contributed by atoms with E-state index in [1.165, 1.54) is 0 Å². The topological polar surface area (TPSA) is 97.6 Å². The van der Waals surface area contributed by atoms with E-state index in [-0.39, 0.29) is 5.91 Å². The molecule has 1 amide bonds. The van der Waals surface area contributed by atoms with Crippen LogP contribution in [0.1, 0.15) is 16.1 Å². The highest BCUT2D eigenvalue weighted by molar-refractivity contribution is 5.93. The monoisotopic (exact) mass is 323 g/mol. The summed E-state index contributed by atoms with van der Waals surface area (Å²) in [7, 11) is 0. The molecule has 0 atom stereocenters. The summed E-state index contributed by atoms with van der Waals surface area (Å²) in [5, 5.41) is 13.9. The predicted molar refractivity (Wildman–Crippen MR) is 89.0 cm³/mol. The first-order valence-corrected chi connectivity index (χ1v) is 7.49. The normalized spacial score (nSPS) is 10.4. The summed E-state index contributed by atoms with van der Waals surface area (Å²) in [6.07, 6.45) is 6.67. The van der Waals surface area contributed by atoms with E-state index in [4.69, 9.17) is 0 Å². The van der Waals surface area contributed by atoms with Gasteiger partial charge in [-0.25, -0.2) is 9.97 Å². The van der Waals surface area contributed by atoms with Crippen LogP contribution in [0.5, 0.6) is 0 Å². The highest BCUT2D eigenvalue weighted by atomic mass is 16.1. The molecule has 0 spiro atoms. The number of hydrogen-bond donors (Lipinski definition) is 2. The zero-order valence-corrected chi connectivity index (χ0v) is 13.2. The molecule has 3 heterocycles. The molecule has 24 heavy (non-hydrogen) atoms. The van der Waals surface area contributed by atoms with Crippen LogP contribution in [0.15, 0.2) is 49.2 Å². The van der Waals surface area contributed by atoms with Crippen LogP contribution in [0.2, 0.25) is 0 Å². The van der Waals surface area contributed by atoms with Gasteiger partial charge in [0.05, 0.1) is 11.3 Å². The first kappa shape index (κ1) is 15.6. The van der Waals surface area contributed by atoms with Gasteiger partial charge >= 0.3 is 0 Å². The van der Waals surface area contributed by atoms with E-state index in [9.17, 15) is 4.79 Å². The van der Waals surface area contributed by atoms with E-state index in [2.05, 4.69) is 30.8 Å². The molecular formula is C16H17N7O. The van der Waals surface area contributed by atoms with Gasteiger partial charge < -0.3 is 10.6 Å². The standard InChI is InChI=1S/C16H17N7O/c1-12-2-4-14(22-21-12)18-6-7-19-16(24)13-3-5-15(20-10-13)23-9-8-17-11-23/h2-5,8-11H,6-7H2,1H3,(H,18,22)(H,19,24). The fourth-order valence-electron chi connectivity index (χ4n) is 2.03. The number of rotatable bonds is 6. The summed E-state index contributed by atoms with van der Waals surface area (Å²) in [5.41, 5.74) is 1.37. The Morgan fingerprint density at radius 1 is 1.17 bits per heavy atom. The minimum Gasteiger partial charge on any atom is -0.367 e. The number of nitrogens with zero attached hydrogens (tertiary/aromatic N) is 5. The highest BCUT2D eigenvalue weighted by Gasteiger charge is 2.06. The Hall–Kier alpha value is -3.29. The van der Waals surface area contributed by atoms with Crippen molar-refractivity contribution in [2.75, 3.05) is 18.4 Å². The Balaban J connectivity index is 1.47. The number of imidazole rings is 1. The average Bonchev–Trinajstić information content (AvgIpc) is 3.15.